The van der Waals surface area contributed by atoms with Gasteiger partial charge in [-0.2, -0.15) is 0 Å². The van der Waals surface area contributed by atoms with Crippen LogP contribution in [-0.2, 0) is 16.1 Å². The molecular formula is C32H33ClN4O5S. The molecule has 1 aromatic heterocycles. The van der Waals surface area contributed by atoms with Crippen LogP contribution >= 0.6 is 23.4 Å². The first kappa shape index (κ1) is 31.7. The van der Waals surface area contributed by atoms with E-state index >= 15 is 0 Å². The van der Waals surface area contributed by atoms with Crippen molar-refractivity contribution in [2.24, 2.45) is 0 Å². The van der Waals surface area contributed by atoms with E-state index < -0.39 is 11.9 Å². The Morgan fingerprint density at radius 1 is 0.884 bits per heavy atom. The highest BCUT2D eigenvalue weighted by Crippen LogP contribution is 2.33. The van der Waals surface area contributed by atoms with Crippen LogP contribution in [0.3, 0.4) is 0 Å². The van der Waals surface area contributed by atoms with Crippen molar-refractivity contribution in [2.45, 2.75) is 31.6 Å². The SMILES string of the molecule is COc1ccc([C@@H](C(=O)Nc2ccc(OC)cc2OC)N(Cc2ccccc2Cl)C(=O)CSc2nc(C)cc(C)n2)cc1. The van der Waals surface area contributed by atoms with Crippen LogP contribution in [0.15, 0.2) is 78.0 Å². The van der Waals surface area contributed by atoms with Gasteiger partial charge in [-0.1, -0.05) is 53.7 Å². The van der Waals surface area contributed by atoms with Gasteiger partial charge < -0.3 is 24.4 Å². The van der Waals surface area contributed by atoms with Crippen LogP contribution in [-0.4, -0.2) is 53.8 Å². The smallest absolute Gasteiger partial charge is 0.251 e. The molecule has 4 aromatic rings. The minimum Gasteiger partial charge on any atom is -0.497 e. The summed E-state index contributed by atoms with van der Waals surface area (Å²) in [6.45, 7) is 3.83. The number of ether oxygens (including phenoxy) is 3. The summed E-state index contributed by atoms with van der Waals surface area (Å²) in [7, 11) is 4.62. The van der Waals surface area contributed by atoms with Gasteiger partial charge >= 0.3 is 0 Å². The summed E-state index contributed by atoms with van der Waals surface area (Å²) < 4.78 is 16.1. The van der Waals surface area contributed by atoms with Crippen LogP contribution < -0.4 is 19.5 Å². The van der Waals surface area contributed by atoms with E-state index in [4.69, 9.17) is 25.8 Å². The molecule has 224 valence electrons. The summed E-state index contributed by atoms with van der Waals surface area (Å²) in [5.41, 5.74) is 3.31. The molecule has 0 fully saturated rings. The second kappa shape index (κ2) is 14.8. The molecular weight excluding hydrogens is 588 g/mol. The fraction of sp³-hybridized carbons (Fsp3) is 0.250. The molecule has 11 heteroatoms. The largest absolute Gasteiger partial charge is 0.497 e. The molecule has 0 radical (unpaired) electrons. The molecule has 0 spiro atoms. The summed E-state index contributed by atoms with van der Waals surface area (Å²) in [5, 5.41) is 3.92. The van der Waals surface area contributed by atoms with Crippen molar-refractivity contribution in [3.63, 3.8) is 0 Å². The summed E-state index contributed by atoms with van der Waals surface area (Å²) in [6.07, 6.45) is 0. The van der Waals surface area contributed by atoms with E-state index in [-0.39, 0.29) is 18.2 Å². The van der Waals surface area contributed by atoms with Gasteiger partial charge in [-0.3, -0.25) is 9.59 Å². The van der Waals surface area contributed by atoms with E-state index in [0.717, 1.165) is 11.4 Å². The second-order valence-corrected chi connectivity index (χ2v) is 10.9. The van der Waals surface area contributed by atoms with E-state index in [0.29, 0.717) is 44.2 Å². The Balaban J connectivity index is 1.75. The van der Waals surface area contributed by atoms with Gasteiger partial charge in [0.15, 0.2) is 5.16 Å². The maximum absolute atomic E-state index is 14.2. The number of nitrogens with one attached hydrogen (secondary N) is 1. The van der Waals surface area contributed by atoms with E-state index in [2.05, 4.69) is 15.3 Å². The molecule has 0 aliphatic rings. The van der Waals surface area contributed by atoms with Crippen molar-refractivity contribution in [2.75, 3.05) is 32.4 Å². The zero-order chi connectivity index (χ0) is 30.9. The van der Waals surface area contributed by atoms with Gasteiger partial charge in [0, 0.05) is 29.0 Å². The number of methoxy groups -OCH3 is 3. The normalized spacial score (nSPS) is 11.4. The summed E-state index contributed by atoms with van der Waals surface area (Å²) >= 11 is 7.75. The number of hydrogen-bond acceptors (Lipinski definition) is 8. The Morgan fingerprint density at radius 3 is 2.16 bits per heavy atom. The van der Waals surface area contributed by atoms with E-state index in [1.807, 2.05) is 38.1 Å². The van der Waals surface area contributed by atoms with Crippen LogP contribution in [0.4, 0.5) is 5.69 Å². The number of aromatic nitrogens is 2. The Labute approximate surface area is 260 Å². The molecule has 0 saturated carbocycles. The number of rotatable bonds is 12. The quantitative estimate of drug-likeness (QED) is 0.146. The van der Waals surface area contributed by atoms with Crippen LogP contribution in [0.1, 0.15) is 28.6 Å². The first-order chi connectivity index (χ1) is 20.7. The average Bonchev–Trinajstić information content (AvgIpc) is 3.00. The molecule has 0 saturated heterocycles. The maximum Gasteiger partial charge on any atom is 0.251 e. The number of amides is 2. The highest BCUT2D eigenvalue weighted by atomic mass is 35.5. The minimum atomic E-state index is -1.04. The third kappa shape index (κ3) is 8.18. The molecule has 43 heavy (non-hydrogen) atoms. The molecule has 3 aromatic carbocycles. The minimum absolute atomic E-state index is 0.000856. The fourth-order valence-corrected chi connectivity index (χ4v) is 5.49. The number of halogens is 1. The number of aryl methyl sites for hydroxylation is 2. The first-order valence-corrected chi connectivity index (χ1v) is 14.7. The number of benzene rings is 3. The van der Waals surface area contributed by atoms with Gasteiger partial charge in [0.2, 0.25) is 5.91 Å². The lowest BCUT2D eigenvalue weighted by Gasteiger charge is -2.32. The zero-order valence-electron chi connectivity index (χ0n) is 24.6. The Hall–Kier alpha value is -4.28. The molecule has 4 rings (SSSR count). The Kier molecular flexibility index (Phi) is 10.9. The zero-order valence-corrected chi connectivity index (χ0v) is 26.2. The summed E-state index contributed by atoms with van der Waals surface area (Å²) in [4.78, 5) is 38.7. The van der Waals surface area contributed by atoms with Crippen molar-refractivity contribution in [3.8, 4) is 17.2 Å². The van der Waals surface area contributed by atoms with Gasteiger partial charge in [0.05, 0.1) is 32.8 Å². The number of anilines is 1. The van der Waals surface area contributed by atoms with Crippen molar-refractivity contribution in [1.29, 1.82) is 0 Å². The van der Waals surface area contributed by atoms with Crippen LogP contribution in [0.5, 0.6) is 17.2 Å². The predicted octanol–water partition coefficient (Wildman–Crippen LogP) is 6.27. The standard InChI is InChI=1S/C32H33ClN4O5S/c1-20-16-21(2)35-32(34-20)43-19-29(38)37(18-23-8-6-7-9-26(23)33)30(22-10-12-24(40-3)13-11-22)31(39)36-27-15-14-25(41-4)17-28(27)42-5/h6-17,30H,18-19H2,1-5H3,(H,36,39)/t30-/m0/s1. The van der Waals surface area contributed by atoms with Crippen LogP contribution in [0.25, 0.3) is 0 Å². The monoisotopic (exact) mass is 620 g/mol. The topological polar surface area (TPSA) is 103 Å². The number of nitrogens with zero attached hydrogens (tertiary/aromatic N) is 3. The van der Waals surface area contributed by atoms with Gasteiger partial charge in [-0.25, -0.2) is 9.97 Å². The summed E-state index contributed by atoms with van der Waals surface area (Å²) in [5.74, 6) is 0.854. The molecule has 1 atom stereocenters. The molecule has 0 aliphatic heterocycles. The molecule has 2 amide bonds. The van der Waals surface area contributed by atoms with Gasteiger partial charge in [-0.15, -0.1) is 0 Å². The Morgan fingerprint density at radius 2 is 1.53 bits per heavy atom. The van der Waals surface area contributed by atoms with Crippen molar-refractivity contribution in [1.82, 2.24) is 14.9 Å². The Bertz CT molecular complexity index is 1560. The number of carbonyl (C=O) groups excluding carboxylic acids is 2. The summed E-state index contributed by atoms with van der Waals surface area (Å²) in [6, 6.07) is 20.2. The molecule has 0 unspecified atom stereocenters. The maximum atomic E-state index is 14.2. The number of hydrogen-bond donors (Lipinski definition) is 1. The van der Waals surface area contributed by atoms with E-state index in [1.54, 1.807) is 62.8 Å². The van der Waals surface area contributed by atoms with E-state index in [1.165, 1.54) is 23.8 Å². The van der Waals surface area contributed by atoms with Crippen LogP contribution in [0, 0.1) is 13.8 Å². The second-order valence-electron chi connectivity index (χ2n) is 9.57. The lowest BCUT2D eigenvalue weighted by atomic mass is 10.0. The van der Waals surface area contributed by atoms with Crippen molar-refractivity contribution in [3.05, 3.63) is 100 Å². The van der Waals surface area contributed by atoms with E-state index in [9.17, 15) is 9.59 Å². The van der Waals surface area contributed by atoms with Crippen molar-refractivity contribution < 1.29 is 23.8 Å². The lowest BCUT2D eigenvalue weighted by Crippen LogP contribution is -2.42. The molecule has 0 aliphatic carbocycles. The molecule has 9 nitrogen and oxygen atoms in total. The molecule has 1 N–H and O–H groups in total. The highest BCUT2D eigenvalue weighted by Gasteiger charge is 2.33. The molecule has 0 bridgehead atoms. The van der Waals surface area contributed by atoms with Gasteiger partial charge in [0.1, 0.15) is 23.3 Å². The first-order valence-electron chi connectivity index (χ1n) is 13.4. The predicted molar refractivity (Wildman–Crippen MR) is 168 cm³/mol. The van der Waals surface area contributed by atoms with Gasteiger partial charge in [-0.05, 0) is 61.4 Å². The number of carbonyl (C=O) groups is 2. The third-order valence-electron chi connectivity index (χ3n) is 6.56. The van der Waals surface area contributed by atoms with Gasteiger partial charge in [0.25, 0.3) is 5.91 Å². The number of thioether (sulfide) groups is 1. The molecule has 1 heterocycles. The van der Waals surface area contributed by atoms with Crippen LogP contribution in [0.2, 0.25) is 5.02 Å². The highest BCUT2D eigenvalue weighted by molar-refractivity contribution is 7.99. The van der Waals surface area contributed by atoms with Crippen molar-refractivity contribution >= 4 is 40.9 Å². The lowest BCUT2D eigenvalue weighted by molar-refractivity contribution is -0.137. The fourth-order valence-electron chi connectivity index (χ4n) is 4.46. The third-order valence-corrected chi connectivity index (χ3v) is 7.76. The average molecular weight is 621 g/mol.